The van der Waals surface area contributed by atoms with Gasteiger partial charge in [0.2, 0.25) is 11.7 Å². The van der Waals surface area contributed by atoms with Gasteiger partial charge < -0.3 is 14.6 Å². The number of hydrogen-bond acceptors (Lipinski definition) is 5. The van der Waals surface area contributed by atoms with Crippen LogP contribution in [0.2, 0.25) is 0 Å². The van der Waals surface area contributed by atoms with Crippen molar-refractivity contribution < 1.29 is 9.26 Å². The first-order valence-electron chi connectivity index (χ1n) is 5.40. The van der Waals surface area contributed by atoms with Gasteiger partial charge in [0.25, 0.3) is 0 Å². The lowest BCUT2D eigenvalue weighted by molar-refractivity contribution is 0.347. The molecule has 0 spiro atoms. The maximum absolute atomic E-state index is 5.26. The Balaban J connectivity index is 2.37. The molecule has 0 radical (unpaired) electrons. The van der Waals surface area contributed by atoms with Crippen LogP contribution in [0.25, 0.3) is 11.4 Å². The average molecular weight is 233 g/mol. The SMILES string of the molecule is CNC(C)c1nc(-c2ccccc2OC)no1. The molecule has 90 valence electrons. The Bertz CT molecular complexity index is 496. The minimum atomic E-state index is 0.0333. The summed E-state index contributed by atoms with van der Waals surface area (Å²) >= 11 is 0. The van der Waals surface area contributed by atoms with Gasteiger partial charge in [-0.05, 0) is 26.1 Å². The van der Waals surface area contributed by atoms with Crippen LogP contribution in [0.5, 0.6) is 5.75 Å². The molecule has 5 nitrogen and oxygen atoms in total. The van der Waals surface area contributed by atoms with Crippen molar-refractivity contribution >= 4 is 0 Å². The highest BCUT2D eigenvalue weighted by Crippen LogP contribution is 2.27. The first-order valence-corrected chi connectivity index (χ1v) is 5.40. The van der Waals surface area contributed by atoms with Gasteiger partial charge in [0.1, 0.15) is 5.75 Å². The summed E-state index contributed by atoms with van der Waals surface area (Å²) in [4.78, 5) is 4.34. The van der Waals surface area contributed by atoms with Crippen molar-refractivity contribution in [1.29, 1.82) is 0 Å². The van der Waals surface area contributed by atoms with Crippen LogP contribution < -0.4 is 10.1 Å². The zero-order valence-corrected chi connectivity index (χ0v) is 10.1. The Morgan fingerprint density at radius 3 is 2.82 bits per heavy atom. The van der Waals surface area contributed by atoms with Crippen LogP contribution in [0.15, 0.2) is 28.8 Å². The van der Waals surface area contributed by atoms with E-state index in [1.54, 1.807) is 7.11 Å². The zero-order valence-electron chi connectivity index (χ0n) is 10.1. The number of methoxy groups -OCH3 is 1. The first-order chi connectivity index (χ1) is 8.26. The van der Waals surface area contributed by atoms with E-state index in [4.69, 9.17) is 9.26 Å². The summed E-state index contributed by atoms with van der Waals surface area (Å²) in [6.07, 6.45) is 0. The molecule has 0 aliphatic heterocycles. The van der Waals surface area contributed by atoms with Crippen LogP contribution in [-0.2, 0) is 0 Å². The molecule has 1 heterocycles. The molecule has 0 aliphatic rings. The summed E-state index contributed by atoms with van der Waals surface area (Å²) in [6, 6.07) is 7.62. The molecule has 0 aliphatic carbocycles. The molecule has 0 bridgehead atoms. The van der Waals surface area contributed by atoms with E-state index in [0.29, 0.717) is 11.7 Å². The molecule has 17 heavy (non-hydrogen) atoms. The summed E-state index contributed by atoms with van der Waals surface area (Å²) in [5, 5.41) is 7.01. The quantitative estimate of drug-likeness (QED) is 0.875. The van der Waals surface area contributed by atoms with E-state index in [1.165, 1.54) is 0 Å². The van der Waals surface area contributed by atoms with Gasteiger partial charge in [-0.1, -0.05) is 17.3 Å². The van der Waals surface area contributed by atoms with Crippen molar-refractivity contribution in [3.05, 3.63) is 30.2 Å². The van der Waals surface area contributed by atoms with Gasteiger partial charge in [-0.15, -0.1) is 0 Å². The molecule has 2 aromatic rings. The predicted molar refractivity (Wildman–Crippen MR) is 63.8 cm³/mol. The van der Waals surface area contributed by atoms with E-state index >= 15 is 0 Å². The van der Waals surface area contributed by atoms with Gasteiger partial charge >= 0.3 is 0 Å². The normalized spacial score (nSPS) is 12.4. The van der Waals surface area contributed by atoms with E-state index in [2.05, 4.69) is 15.5 Å². The standard InChI is InChI=1S/C12H15N3O2/c1-8(13-2)12-14-11(15-17-12)9-6-4-5-7-10(9)16-3/h4-8,13H,1-3H3. The molecular formula is C12H15N3O2. The lowest BCUT2D eigenvalue weighted by atomic mass is 10.2. The molecule has 0 saturated carbocycles. The maximum Gasteiger partial charge on any atom is 0.243 e. The van der Waals surface area contributed by atoms with E-state index in [-0.39, 0.29) is 6.04 Å². The van der Waals surface area contributed by atoms with Crippen molar-refractivity contribution in [2.45, 2.75) is 13.0 Å². The minimum absolute atomic E-state index is 0.0333. The summed E-state index contributed by atoms with van der Waals surface area (Å²) in [5.74, 6) is 1.84. The van der Waals surface area contributed by atoms with Gasteiger partial charge in [0.15, 0.2) is 0 Å². The van der Waals surface area contributed by atoms with Crippen LogP contribution in [-0.4, -0.2) is 24.3 Å². The average Bonchev–Trinajstić information content (AvgIpc) is 2.87. The molecule has 1 atom stereocenters. The highest BCUT2D eigenvalue weighted by molar-refractivity contribution is 5.63. The number of nitrogens with zero attached hydrogens (tertiary/aromatic N) is 2. The number of rotatable bonds is 4. The van der Waals surface area contributed by atoms with Crippen molar-refractivity contribution in [3.8, 4) is 17.1 Å². The fourth-order valence-corrected chi connectivity index (χ4v) is 1.47. The molecule has 1 unspecified atom stereocenters. The highest BCUT2D eigenvalue weighted by Gasteiger charge is 2.15. The Kier molecular flexibility index (Phi) is 3.39. The Hall–Kier alpha value is -1.88. The third kappa shape index (κ3) is 2.29. The van der Waals surface area contributed by atoms with Gasteiger partial charge in [-0.2, -0.15) is 4.98 Å². The van der Waals surface area contributed by atoms with Crippen LogP contribution in [0.4, 0.5) is 0 Å². The number of aromatic nitrogens is 2. The van der Waals surface area contributed by atoms with Gasteiger partial charge in [0.05, 0.1) is 18.7 Å². The number of hydrogen-bond donors (Lipinski definition) is 1. The summed E-state index contributed by atoms with van der Waals surface area (Å²) in [7, 11) is 3.47. The summed E-state index contributed by atoms with van der Waals surface area (Å²) in [6.45, 7) is 1.96. The lowest BCUT2D eigenvalue weighted by Crippen LogP contribution is -2.12. The highest BCUT2D eigenvalue weighted by atomic mass is 16.5. The van der Waals surface area contributed by atoms with E-state index in [0.717, 1.165) is 11.3 Å². The topological polar surface area (TPSA) is 60.2 Å². The summed E-state index contributed by atoms with van der Waals surface area (Å²) < 4.78 is 10.5. The Labute approximate surface area is 99.8 Å². The van der Waals surface area contributed by atoms with E-state index in [9.17, 15) is 0 Å². The lowest BCUT2D eigenvalue weighted by Gasteiger charge is -2.03. The first kappa shape index (κ1) is 11.6. The molecule has 2 rings (SSSR count). The van der Waals surface area contributed by atoms with Crippen LogP contribution >= 0.6 is 0 Å². The maximum atomic E-state index is 5.26. The molecular weight excluding hydrogens is 218 g/mol. The molecule has 1 aromatic carbocycles. The molecule has 5 heteroatoms. The smallest absolute Gasteiger partial charge is 0.243 e. The molecule has 0 fully saturated rings. The van der Waals surface area contributed by atoms with Gasteiger partial charge in [-0.3, -0.25) is 0 Å². The predicted octanol–water partition coefficient (Wildman–Crippen LogP) is 2.03. The third-order valence-corrected chi connectivity index (χ3v) is 2.59. The Morgan fingerprint density at radius 1 is 1.35 bits per heavy atom. The molecule has 1 aromatic heterocycles. The number of nitrogens with one attached hydrogen (secondary N) is 1. The molecule has 0 amide bonds. The molecule has 1 N–H and O–H groups in total. The number of para-hydroxylation sites is 1. The number of benzene rings is 1. The van der Waals surface area contributed by atoms with Crippen molar-refractivity contribution in [2.24, 2.45) is 0 Å². The summed E-state index contributed by atoms with van der Waals surface area (Å²) in [5.41, 5.74) is 0.827. The monoisotopic (exact) mass is 233 g/mol. The Morgan fingerprint density at radius 2 is 2.12 bits per heavy atom. The van der Waals surface area contributed by atoms with Gasteiger partial charge in [0, 0.05) is 0 Å². The van der Waals surface area contributed by atoms with Gasteiger partial charge in [-0.25, -0.2) is 0 Å². The fraction of sp³-hybridized carbons (Fsp3) is 0.333. The van der Waals surface area contributed by atoms with Crippen molar-refractivity contribution in [3.63, 3.8) is 0 Å². The second-order valence-electron chi connectivity index (χ2n) is 3.67. The van der Waals surface area contributed by atoms with Crippen LogP contribution in [0, 0.1) is 0 Å². The van der Waals surface area contributed by atoms with E-state index in [1.807, 2.05) is 38.2 Å². The second-order valence-corrected chi connectivity index (χ2v) is 3.67. The minimum Gasteiger partial charge on any atom is -0.496 e. The van der Waals surface area contributed by atoms with Crippen molar-refractivity contribution in [1.82, 2.24) is 15.5 Å². The van der Waals surface area contributed by atoms with Crippen LogP contribution in [0.1, 0.15) is 18.9 Å². The second kappa shape index (κ2) is 4.97. The third-order valence-electron chi connectivity index (χ3n) is 2.59. The van der Waals surface area contributed by atoms with Crippen LogP contribution in [0.3, 0.4) is 0 Å². The van der Waals surface area contributed by atoms with Crippen molar-refractivity contribution in [2.75, 3.05) is 14.2 Å². The zero-order chi connectivity index (χ0) is 12.3. The fourth-order valence-electron chi connectivity index (χ4n) is 1.47. The largest absolute Gasteiger partial charge is 0.496 e. The number of ether oxygens (including phenoxy) is 1. The van der Waals surface area contributed by atoms with E-state index < -0.39 is 0 Å². The molecule has 0 saturated heterocycles.